The normalized spacial score (nSPS) is 18.5. The smallest absolute Gasteiger partial charge is 0.419 e. The van der Waals surface area contributed by atoms with Crippen molar-refractivity contribution in [2.75, 3.05) is 4.90 Å². The lowest BCUT2D eigenvalue weighted by Gasteiger charge is -2.39. The van der Waals surface area contributed by atoms with Crippen LogP contribution in [0.3, 0.4) is 0 Å². The highest BCUT2D eigenvalue weighted by molar-refractivity contribution is 5.93. The second-order valence-corrected chi connectivity index (χ2v) is 3.85. The summed E-state index contributed by atoms with van der Waals surface area (Å²) in [5, 5.41) is 0. The molecule has 84 valence electrons. The van der Waals surface area contributed by atoms with Gasteiger partial charge >= 0.3 is 6.09 Å². The molecular formula is C14H11NO2. The van der Waals surface area contributed by atoms with Crippen molar-refractivity contribution in [1.29, 1.82) is 0 Å². The van der Waals surface area contributed by atoms with E-state index in [2.05, 4.69) is 0 Å². The van der Waals surface area contributed by atoms with E-state index in [-0.39, 0.29) is 12.3 Å². The van der Waals surface area contributed by atoms with E-state index in [1.165, 1.54) is 0 Å². The molecule has 1 unspecified atom stereocenters. The summed E-state index contributed by atoms with van der Waals surface area (Å²) in [6, 6.07) is 19.2. The molecule has 1 aliphatic heterocycles. The molecule has 0 saturated carbocycles. The predicted octanol–water partition coefficient (Wildman–Crippen LogP) is 3.34. The third kappa shape index (κ3) is 1.65. The van der Waals surface area contributed by atoms with Crippen molar-refractivity contribution < 1.29 is 9.53 Å². The monoisotopic (exact) mass is 225 g/mol. The maximum absolute atomic E-state index is 11.5. The zero-order valence-electron chi connectivity index (χ0n) is 9.11. The van der Waals surface area contributed by atoms with Crippen molar-refractivity contribution in [2.45, 2.75) is 6.23 Å². The van der Waals surface area contributed by atoms with E-state index in [0.717, 1.165) is 11.3 Å². The molecule has 0 N–H and O–H groups in total. The lowest BCUT2D eigenvalue weighted by atomic mass is 10.1. The van der Waals surface area contributed by atoms with Gasteiger partial charge in [-0.15, -0.1) is 0 Å². The molecule has 17 heavy (non-hydrogen) atoms. The third-order valence-electron chi connectivity index (χ3n) is 2.76. The van der Waals surface area contributed by atoms with E-state index >= 15 is 0 Å². The Kier molecular flexibility index (Phi) is 2.29. The number of para-hydroxylation sites is 1. The fourth-order valence-electron chi connectivity index (χ4n) is 1.92. The maximum Gasteiger partial charge on any atom is 0.419 e. The minimum atomic E-state index is -0.301. The number of benzene rings is 2. The largest absolute Gasteiger partial charge is 0.420 e. The van der Waals surface area contributed by atoms with Gasteiger partial charge in [0.05, 0.1) is 5.69 Å². The van der Waals surface area contributed by atoms with Gasteiger partial charge in [0.25, 0.3) is 0 Å². The first-order valence-corrected chi connectivity index (χ1v) is 5.46. The summed E-state index contributed by atoms with van der Waals surface area (Å²) in [4.78, 5) is 13.2. The molecule has 1 aliphatic rings. The number of rotatable bonds is 2. The minimum Gasteiger partial charge on any atom is -0.420 e. The Morgan fingerprint density at radius 1 is 0.882 bits per heavy atom. The summed E-state index contributed by atoms with van der Waals surface area (Å²) in [6.45, 7) is 0. The Bertz CT molecular complexity index is 524. The number of ether oxygens (including phenoxy) is 1. The van der Waals surface area contributed by atoms with Crippen LogP contribution in [0.5, 0.6) is 0 Å². The number of nitrogens with zero attached hydrogens (tertiary/aromatic N) is 1. The van der Waals surface area contributed by atoms with Crippen LogP contribution >= 0.6 is 0 Å². The minimum absolute atomic E-state index is 0.300. The summed E-state index contributed by atoms with van der Waals surface area (Å²) < 4.78 is 5.18. The van der Waals surface area contributed by atoms with E-state index in [4.69, 9.17) is 4.74 Å². The van der Waals surface area contributed by atoms with Gasteiger partial charge in [-0.3, -0.25) is 0 Å². The number of hydrogen-bond donors (Lipinski definition) is 0. The molecule has 3 rings (SSSR count). The van der Waals surface area contributed by atoms with Gasteiger partial charge in [-0.25, -0.2) is 9.69 Å². The Morgan fingerprint density at radius 3 is 2.06 bits per heavy atom. The third-order valence-corrected chi connectivity index (χ3v) is 2.76. The molecule has 2 aromatic carbocycles. The summed E-state index contributed by atoms with van der Waals surface area (Å²) >= 11 is 0. The first kappa shape index (κ1) is 9.90. The van der Waals surface area contributed by atoms with E-state index in [9.17, 15) is 4.79 Å². The first-order valence-electron chi connectivity index (χ1n) is 5.46. The van der Waals surface area contributed by atoms with Crippen LogP contribution in [-0.2, 0) is 4.74 Å². The van der Waals surface area contributed by atoms with Gasteiger partial charge < -0.3 is 4.74 Å². The van der Waals surface area contributed by atoms with Crippen LogP contribution in [0.1, 0.15) is 11.8 Å². The average molecular weight is 225 g/mol. The van der Waals surface area contributed by atoms with Crippen LogP contribution in [0.2, 0.25) is 0 Å². The summed E-state index contributed by atoms with van der Waals surface area (Å²) in [5.41, 5.74) is 1.84. The van der Waals surface area contributed by atoms with Crippen molar-refractivity contribution in [1.82, 2.24) is 0 Å². The highest BCUT2D eigenvalue weighted by Gasteiger charge is 2.40. The first-order chi connectivity index (χ1) is 8.36. The van der Waals surface area contributed by atoms with Gasteiger partial charge in [0.15, 0.2) is 0 Å². The van der Waals surface area contributed by atoms with Crippen molar-refractivity contribution in [3.63, 3.8) is 0 Å². The van der Waals surface area contributed by atoms with E-state index in [1.54, 1.807) is 4.90 Å². The SMILES string of the molecule is O=C1OC(c2ccccc2)N1c1ccccc1. The van der Waals surface area contributed by atoms with Crippen LogP contribution in [0.15, 0.2) is 60.7 Å². The molecule has 1 amide bonds. The molecule has 1 heterocycles. The highest BCUT2D eigenvalue weighted by atomic mass is 16.6. The van der Waals surface area contributed by atoms with Crippen molar-refractivity contribution in [3.8, 4) is 0 Å². The number of cyclic esters (lactones) is 1. The van der Waals surface area contributed by atoms with Crippen LogP contribution < -0.4 is 4.90 Å². The van der Waals surface area contributed by atoms with Gasteiger partial charge in [-0.1, -0.05) is 48.5 Å². The molecule has 3 heteroatoms. The van der Waals surface area contributed by atoms with Crippen LogP contribution in [0, 0.1) is 0 Å². The highest BCUT2D eigenvalue weighted by Crippen LogP contribution is 2.36. The van der Waals surface area contributed by atoms with Gasteiger partial charge in [0.2, 0.25) is 6.23 Å². The van der Waals surface area contributed by atoms with Crippen molar-refractivity contribution in [3.05, 3.63) is 66.2 Å². The quantitative estimate of drug-likeness (QED) is 0.784. The molecule has 0 aliphatic carbocycles. The molecule has 0 radical (unpaired) electrons. The molecular weight excluding hydrogens is 214 g/mol. The molecule has 0 spiro atoms. The van der Waals surface area contributed by atoms with Crippen molar-refractivity contribution >= 4 is 11.8 Å². The molecule has 2 aromatic rings. The fourth-order valence-corrected chi connectivity index (χ4v) is 1.92. The zero-order valence-corrected chi connectivity index (χ0v) is 9.11. The predicted molar refractivity (Wildman–Crippen MR) is 64.6 cm³/mol. The Morgan fingerprint density at radius 2 is 1.47 bits per heavy atom. The Balaban J connectivity index is 1.92. The standard InChI is InChI=1S/C14H11NO2/c16-14-15(12-9-5-2-6-10-12)13(17-14)11-7-3-1-4-8-11/h1-10,13H. The fraction of sp³-hybridized carbons (Fsp3) is 0.0714. The van der Waals surface area contributed by atoms with Gasteiger partial charge in [-0.2, -0.15) is 0 Å². The van der Waals surface area contributed by atoms with E-state index in [0.29, 0.717) is 0 Å². The van der Waals surface area contributed by atoms with E-state index < -0.39 is 0 Å². The van der Waals surface area contributed by atoms with Gasteiger partial charge in [0, 0.05) is 5.56 Å². The van der Waals surface area contributed by atoms with Crippen LogP contribution in [-0.4, -0.2) is 6.09 Å². The topological polar surface area (TPSA) is 29.5 Å². The zero-order chi connectivity index (χ0) is 11.7. The molecule has 1 fully saturated rings. The number of hydrogen-bond acceptors (Lipinski definition) is 2. The summed E-state index contributed by atoms with van der Waals surface area (Å²) in [7, 11) is 0. The molecule has 0 bridgehead atoms. The second-order valence-electron chi connectivity index (χ2n) is 3.85. The van der Waals surface area contributed by atoms with Gasteiger partial charge in [0.1, 0.15) is 0 Å². The Hall–Kier alpha value is -2.29. The lowest BCUT2D eigenvalue weighted by Crippen LogP contribution is -2.48. The number of carbonyl (C=O) groups is 1. The summed E-state index contributed by atoms with van der Waals surface area (Å²) in [5.74, 6) is 0. The molecule has 0 aromatic heterocycles. The van der Waals surface area contributed by atoms with Crippen LogP contribution in [0.4, 0.5) is 10.5 Å². The van der Waals surface area contributed by atoms with Crippen LogP contribution in [0.25, 0.3) is 0 Å². The van der Waals surface area contributed by atoms with E-state index in [1.807, 2.05) is 60.7 Å². The number of amides is 1. The lowest BCUT2D eigenvalue weighted by molar-refractivity contribution is 0.0430. The Labute approximate surface area is 99.2 Å². The molecule has 3 nitrogen and oxygen atoms in total. The second kappa shape index (κ2) is 3.94. The molecule has 1 atom stereocenters. The average Bonchev–Trinajstić information content (AvgIpc) is 2.38. The number of carbonyl (C=O) groups excluding carboxylic acids is 1. The van der Waals surface area contributed by atoms with Crippen molar-refractivity contribution in [2.24, 2.45) is 0 Å². The van der Waals surface area contributed by atoms with Gasteiger partial charge in [-0.05, 0) is 12.1 Å². The number of anilines is 1. The maximum atomic E-state index is 11.5. The summed E-state index contributed by atoms with van der Waals surface area (Å²) in [6.07, 6.45) is -0.601. The molecule has 1 saturated heterocycles.